The van der Waals surface area contributed by atoms with E-state index in [0.29, 0.717) is 6.61 Å². The van der Waals surface area contributed by atoms with Crippen LogP contribution in [0.15, 0.2) is 12.1 Å². The first kappa shape index (κ1) is 15.9. The van der Waals surface area contributed by atoms with Gasteiger partial charge in [0, 0.05) is 19.3 Å². The summed E-state index contributed by atoms with van der Waals surface area (Å²) in [7, 11) is 2.00. The number of aryl methyl sites for hydroxylation is 1. The molecule has 0 spiro atoms. The molecule has 19 heavy (non-hydrogen) atoms. The molecule has 1 N–H and O–H groups in total. The highest BCUT2D eigenvalue weighted by atomic mass is 16.5. The first-order valence-corrected chi connectivity index (χ1v) is 7.00. The Bertz CT molecular complexity index is 380. The molecule has 0 bridgehead atoms. The number of hydrogen-bond acceptors (Lipinski definition) is 4. The van der Waals surface area contributed by atoms with E-state index < -0.39 is 0 Å². The largest absolute Gasteiger partial charge is 0.392 e. The molecule has 0 amide bonds. The summed E-state index contributed by atoms with van der Waals surface area (Å²) in [6.07, 6.45) is 2.25. The number of rotatable bonds is 8. The van der Waals surface area contributed by atoms with Gasteiger partial charge in [0.15, 0.2) is 0 Å². The molecule has 0 atom stereocenters. The molecule has 0 unspecified atom stereocenters. The summed E-state index contributed by atoms with van der Waals surface area (Å²) in [4.78, 5) is 6.70. The molecule has 0 fully saturated rings. The van der Waals surface area contributed by atoms with Crippen molar-refractivity contribution in [2.24, 2.45) is 0 Å². The highest BCUT2D eigenvalue weighted by Gasteiger charge is 2.07. The monoisotopic (exact) mass is 266 g/mol. The van der Waals surface area contributed by atoms with E-state index >= 15 is 0 Å². The molecule has 0 aromatic carbocycles. The summed E-state index contributed by atoms with van der Waals surface area (Å²) >= 11 is 0. The normalized spacial score (nSPS) is 11.1. The number of aliphatic hydroxyl groups is 1. The molecule has 0 aliphatic rings. The zero-order valence-corrected chi connectivity index (χ0v) is 12.5. The maximum Gasteiger partial charge on any atom is 0.128 e. The number of likely N-dealkylation sites (N-methyl/N-ethyl adjacent to an activating group) is 1. The van der Waals surface area contributed by atoms with Crippen LogP contribution in [0.25, 0.3) is 0 Å². The van der Waals surface area contributed by atoms with Crippen molar-refractivity contribution >= 4 is 5.82 Å². The molecule has 1 heterocycles. The van der Waals surface area contributed by atoms with Crippen LogP contribution in [0.5, 0.6) is 0 Å². The molecule has 0 radical (unpaired) electrons. The molecular formula is C15H26N2O2. The number of nitrogens with zero attached hydrogens (tertiary/aromatic N) is 2. The van der Waals surface area contributed by atoms with Gasteiger partial charge in [0.25, 0.3) is 0 Å². The molecule has 0 saturated carbocycles. The smallest absolute Gasteiger partial charge is 0.128 e. The molecule has 1 rings (SSSR count). The van der Waals surface area contributed by atoms with Gasteiger partial charge in [-0.15, -0.1) is 0 Å². The van der Waals surface area contributed by atoms with Gasteiger partial charge in [-0.2, -0.15) is 0 Å². The van der Waals surface area contributed by atoms with E-state index in [1.807, 2.05) is 33.0 Å². The maximum absolute atomic E-state index is 9.31. The first-order chi connectivity index (χ1) is 9.06. The van der Waals surface area contributed by atoms with E-state index in [9.17, 15) is 5.11 Å². The minimum Gasteiger partial charge on any atom is -0.392 e. The Labute approximate surface area is 116 Å². The average molecular weight is 266 g/mol. The molecule has 0 saturated heterocycles. The summed E-state index contributed by atoms with van der Waals surface area (Å²) in [6.45, 7) is 7.73. The van der Waals surface area contributed by atoms with Gasteiger partial charge in [0.1, 0.15) is 5.82 Å². The van der Waals surface area contributed by atoms with E-state index in [4.69, 9.17) is 4.74 Å². The van der Waals surface area contributed by atoms with Crippen molar-refractivity contribution < 1.29 is 9.84 Å². The van der Waals surface area contributed by atoms with Gasteiger partial charge >= 0.3 is 0 Å². The highest BCUT2D eigenvalue weighted by molar-refractivity contribution is 5.41. The van der Waals surface area contributed by atoms with Crippen LogP contribution in [0.4, 0.5) is 5.82 Å². The maximum atomic E-state index is 9.31. The second-order valence-corrected chi connectivity index (χ2v) is 5.07. The lowest BCUT2D eigenvalue weighted by molar-refractivity contribution is 0.0845. The van der Waals surface area contributed by atoms with Crippen LogP contribution in [0.2, 0.25) is 0 Å². The molecule has 0 aliphatic heterocycles. The van der Waals surface area contributed by atoms with Crippen molar-refractivity contribution in [1.29, 1.82) is 0 Å². The number of anilines is 1. The Morgan fingerprint density at radius 2 is 2.11 bits per heavy atom. The number of aromatic nitrogens is 1. The number of pyridine rings is 1. The Morgan fingerprint density at radius 3 is 2.68 bits per heavy atom. The third-order valence-electron chi connectivity index (χ3n) is 2.88. The average Bonchev–Trinajstić information content (AvgIpc) is 2.38. The van der Waals surface area contributed by atoms with Crippen molar-refractivity contribution in [3.63, 3.8) is 0 Å². The van der Waals surface area contributed by atoms with Crippen LogP contribution < -0.4 is 4.90 Å². The fourth-order valence-electron chi connectivity index (χ4n) is 1.84. The molecule has 1 aromatic heterocycles. The quantitative estimate of drug-likeness (QED) is 0.784. The van der Waals surface area contributed by atoms with Gasteiger partial charge < -0.3 is 14.7 Å². The van der Waals surface area contributed by atoms with Gasteiger partial charge in [0.2, 0.25) is 0 Å². The van der Waals surface area contributed by atoms with Gasteiger partial charge in [-0.3, -0.25) is 0 Å². The van der Waals surface area contributed by atoms with Gasteiger partial charge in [-0.25, -0.2) is 4.98 Å². The van der Waals surface area contributed by atoms with E-state index in [1.54, 1.807) is 0 Å². The molecule has 108 valence electrons. The van der Waals surface area contributed by atoms with Gasteiger partial charge in [-0.05, 0) is 38.0 Å². The standard InChI is InChI=1S/C15H26N2O2/c1-5-6-14-9-13(11-18)10-15(16-14)17(4)7-8-19-12(2)3/h9-10,12,18H,5-8,11H2,1-4H3. The third-order valence-corrected chi connectivity index (χ3v) is 2.88. The van der Waals surface area contributed by atoms with E-state index in [-0.39, 0.29) is 12.7 Å². The van der Waals surface area contributed by atoms with Gasteiger partial charge in [-0.1, -0.05) is 13.3 Å². The minimum absolute atomic E-state index is 0.0581. The van der Waals surface area contributed by atoms with Crippen molar-refractivity contribution in [3.8, 4) is 0 Å². The molecule has 4 heteroatoms. The molecule has 0 aliphatic carbocycles. The van der Waals surface area contributed by atoms with E-state index in [2.05, 4.69) is 16.8 Å². The minimum atomic E-state index is 0.0581. The Morgan fingerprint density at radius 1 is 1.37 bits per heavy atom. The molecule has 1 aromatic rings. The highest BCUT2D eigenvalue weighted by Crippen LogP contribution is 2.15. The lowest BCUT2D eigenvalue weighted by Gasteiger charge is -2.20. The topological polar surface area (TPSA) is 45.6 Å². The van der Waals surface area contributed by atoms with Gasteiger partial charge in [0.05, 0.1) is 19.3 Å². The van der Waals surface area contributed by atoms with Crippen LogP contribution in [0, 0.1) is 0 Å². The van der Waals surface area contributed by atoms with E-state index in [0.717, 1.165) is 36.5 Å². The van der Waals surface area contributed by atoms with Crippen molar-refractivity contribution in [2.75, 3.05) is 25.1 Å². The zero-order chi connectivity index (χ0) is 14.3. The second-order valence-electron chi connectivity index (χ2n) is 5.07. The second kappa shape index (κ2) is 8.12. The fourth-order valence-corrected chi connectivity index (χ4v) is 1.84. The van der Waals surface area contributed by atoms with Crippen molar-refractivity contribution in [3.05, 3.63) is 23.4 Å². The van der Waals surface area contributed by atoms with E-state index in [1.165, 1.54) is 0 Å². The summed E-state index contributed by atoms with van der Waals surface area (Å²) in [6, 6.07) is 3.92. The third kappa shape index (κ3) is 5.57. The number of hydrogen-bond donors (Lipinski definition) is 1. The Hall–Kier alpha value is -1.13. The van der Waals surface area contributed by atoms with Crippen LogP contribution in [0.3, 0.4) is 0 Å². The SMILES string of the molecule is CCCc1cc(CO)cc(N(C)CCOC(C)C)n1. The Balaban J connectivity index is 2.71. The molecule has 4 nitrogen and oxygen atoms in total. The zero-order valence-electron chi connectivity index (χ0n) is 12.5. The van der Waals surface area contributed by atoms with Crippen LogP contribution in [-0.2, 0) is 17.8 Å². The predicted octanol–water partition coefficient (Wildman–Crippen LogP) is 2.39. The summed E-state index contributed by atoms with van der Waals surface area (Å²) in [5.41, 5.74) is 1.96. The summed E-state index contributed by atoms with van der Waals surface area (Å²) in [5.74, 6) is 0.905. The molecular weight excluding hydrogens is 240 g/mol. The van der Waals surface area contributed by atoms with Crippen LogP contribution in [0.1, 0.15) is 38.4 Å². The first-order valence-electron chi connectivity index (χ1n) is 7.00. The Kier molecular flexibility index (Phi) is 6.81. The summed E-state index contributed by atoms with van der Waals surface area (Å²) < 4.78 is 5.55. The summed E-state index contributed by atoms with van der Waals surface area (Å²) in [5, 5.41) is 9.31. The van der Waals surface area contributed by atoms with Crippen LogP contribution >= 0.6 is 0 Å². The van der Waals surface area contributed by atoms with Crippen molar-refractivity contribution in [1.82, 2.24) is 4.98 Å². The number of aliphatic hydroxyl groups excluding tert-OH is 1. The number of ether oxygens (including phenoxy) is 1. The van der Waals surface area contributed by atoms with Crippen LogP contribution in [-0.4, -0.2) is 36.4 Å². The fraction of sp³-hybridized carbons (Fsp3) is 0.667. The lowest BCUT2D eigenvalue weighted by atomic mass is 10.1. The predicted molar refractivity (Wildman–Crippen MR) is 78.5 cm³/mol. The van der Waals surface area contributed by atoms with Crippen molar-refractivity contribution in [2.45, 2.75) is 46.3 Å². The lowest BCUT2D eigenvalue weighted by Crippen LogP contribution is -2.25.